The van der Waals surface area contributed by atoms with Gasteiger partial charge in [0.05, 0.1) is 0 Å². The lowest BCUT2D eigenvalue weighted by Crippen LogP contribution is -2.47. The van der Waals surface area contributed by atoms with Gasteiger partial charge in [-0.3, -0.25) is 0 Å². The summed E-state index contributed by atoms with van der Waals surface area (Å²) in [6, 6.07) is 0. The summed E-state index contributed by atoms with van der Waals surface area (Å²) in [5, 5.41) is 0. The molecule has 5 aliphatic rings. The Kier molecular flexibility index (Phi) is 2.11. The number of allylic oxidation sites excluding steroid dienone is 4. The van der Waals surface area contributed by atoms with E-state index >= 15 is 0 Å². The third-order valence-electron chi connectivity index (χ3n) is 5.79. The van der Waals surface area contributed by atoms with Gasteiger partial charge in [-0.05, 0) is 86.2 Å². The molecular formula is C16H21F. The van der Waals surface area contributed by atoms with E-state index in [-0.39, 0.29) is 5.83 Å². The molecule has 4 bridgehead atoms. The van der Waals surface area contributed by atoms with E-state index in [9.17, 15) is 4.39 Å². The van der Waals surface area contributed by atoms with Crippen LogP contribution < -0.4 is 0 Å². The first-order chi connectivity index (χ1) is 8.25. The topological polar surface area (TPSA) is 0 Å². The molecule has 4 fully saturated rings. The molecular weight excluding hydrogens is 211 g/mol. The van der Waals surface area contributed by atoms with Crippen molar-refractivity contribution < 1.29 is 4.39 Å². The van der Waals surface area contributed by atoms with Crippen LogP contribution in [-0.2, 0) is 0 Å². The summed E-state index contributed by atoms with van der Waals surface area (Å²) in [5.41, 5.74) is 1.50. The highest BCUT2D eigenvalue weighted by molar-refractivity contribution is 5.31. The Balaban J connectivity index is 1.75. The van der Waals surface area contributed by atoms with Gasteiger partial charge in [-0.15, -0.1) is 0 Å². The van der Waals surface area contributed by atoms with E-state index in [4.69, 9.17) is 0 Å². The van der Waals surface area contributed by atoms with Crippen LogP contribution in [0.25, 0.3) is 0 Å². The molecule has 5 aliphatic carbocycles. The second-order valence-electron chi connectivity index (χ2n) is 6.97. The normalized spacial score (nSPS) is 47.9. The van der Waals surface area contributed by atoms with Crippen molar-refractivity contribution in [1.29, 1.82) is 0 Å². The van der Waals surface area contributed by atoms with Gasteiger partial charge in [-0.2, -0.15) is 0 Å². The molecule has 4 saturated carbocycles. The Morgan fingerprint density at radius 3 is 2.12 bits per heavy atom. The van der Waals surface area contributed by atoms with Crippen molar-refractivity contribution in [3.63, 3.8) is 0 Å². The molecule has 5 rings (SSSR count). The van der Waals surface area contributed by atoms with Crippen LogP contribution in [0.15, 0.2) is 23.6 Å². The van der Waals surface area contributed by atoms with Gasteiger partial charge >= 0.3 is 0 Å². The molecule has 0 saturated heterocycles. The number of hydrogen-bond donors (Lipinski definition) is 0. The first-order valence-corrected chi connectivity index (χ1v) is 7.31. The van der Waals surface area contributed by atoms with Crippen LogP contribution in [0.1, 0.15) is 51.4 Å². The molecule has 0 nitrogen and oxygen atoms in total. The van der Waals surface area contributed by atoms with Gasteiger partial charge in [0.2, 0.25) is 0 Å². The van der Waals surface area contributed by atoms with Gasteiger partial charge in [0.15, 0.2) is 0 Å². The summed E-state index contributed by atoms with van der Waals surface area (Å²) in [5.74, 6) is 2.89. The first kappa shape index (κ1) is 10.3. The summed E-state index contributed by atoms with van der Waals surface area (Å²) in [6.07, 6.45) is 14.0. The van der Waals surface area contributed by atoms with Crippen molar-refractivity contribution in [2.45, 2.75) is 51.4 Å². The molecule has 0 amide bonds. The molecule has 0 aliphatic heterocycles. The van der Waals surface area contributed by atoms with Crippen LogP contribution in [0.5, 0.6) is 0 Å². The molecule has 0 heterocycles. The van der Waals surface area contributed by atoms with Gasteiger partial charge in [0, 0.05) is 0 Å². The minimum absolute atomic E-state index is 0.123. The summed E-state index contributed by atoms with van der Waals surface area (Å²) in [7, 11) is 0. The number of halogens is 1. The van der Waals surface area contributed by atoms with Crippen LogP contribution >= 0.6 is 0 Å². The van der Waals surface area contributed by atoms with Gasteiger partial charge in [-0.1, -0.05) is 6.08 Å². The van der Waals surface area contributed by atoms with E-state index in [0.717, 1.165) is 30.6 Å². The maximum atomic E-state index is 14.2. The number of hydrogen-bond acceptors (Lipinski definition) is 0. The van der Waals surface area contributed by atoms with Crippen molar-refractivity contribution in [2.24, 2.45) is 23.2 Å². The summed E-state index contributed by atoms with van der Waals surface area (Å²) < 4.78 is 14.2. The molecule has 1 heteroatoms. The summed E-state index contributed by atoms with van der Waals surface area (Å²) in [4.78, 5) is 0. The molecule has 0 aromatic carbocycles. The highest BCUT2D eigenvalue weighted by Gasteiger charge is 2.52. The molecule has 0 spiro atoms. The van der Waals surface area contributed by atoms with Crippen molar-refractivity contribution in [3.05, 3.63) is 23.6 Å². The van der Waals surface area contributed by atoms with Crippen molar-refractivity contribution >= 4 is 0 Å². The Morgan fingerprint density at radius 2 is 1.59 bits per heavy atom. The minimum Gasteiger partial charge on any atom is -0.207 e. The maximum Gasteiger partial charge on any atom is 0.122 e. The molecule has 0 radical (unpaired) electrons. The molecule has 0 aromatic heterocycles. The Hall–Kier alpha value is -0.590. The fourth-order valence-corrected chi connectivity index (χ4v) is 5.63. The zero-order valence-electron chi connectivity index (χ0n) is 10.4. The second-order valence-corrected chi connectivity index (χ2v) is 6.97. The van der Waals surface area contributed by atoms with E-state index in [1.54, 1.807) is 6.08 Å². The smallest absolute Gasteiger partial charge is 0.122 e. The van der Waals surface area contributed by atoms with Crippen molar-refractivity contribution in [3.8, 4) is 0 Å². The van der Waals surface area contributed by atoms with Crippen LogP contribution in [0.4, 0.5) is 4.39 Å². The molecule has 0 aromatic rings. The first-order valence-electron chi connectivity index (χ1n) is 7.31. The molecule has 17 heavy (non-hydrogen) atoms. The number of rotatable bonds is 1. The van der Waals surface area contributed by atoms with Gasteiger partial charge in [0.25, 0.3) is 0 Å². The largest absolute Gasteiger partial charge is 0.207 e. The lowest BCUT2D eigenvalue weighted by molar-refractivity contribution is -0.0333. The Bertz CT molecular complexity index is 366. The third kappa shape index (κ3) is 1.47. The van der Waals surface area contributed by atoms with Crippen LogP contribution in [-0.4, -0.2) is 0 Å². The molecule has 0 N–H and O–H groups in total. The second kappa shape index (κ2) is 3.46. The summed E-state index contributed by atoms with van der Waals surface area (Å²) in [6.45, 7) is 0. The average Bonchev–Trinajstić information content (AvgIpc) is 2.27. The highest BCUT2D eigenvalue weighted by atomic mass is 19.1. The van der Waals surface area contributed by atoms with E-state index < -0.39 is 0 Å². The van der Waals surface area contributed by atoms with Crippen LogP contribution in [0.3, 0.4) is 0 Å². The van der Waals surface area contributed by atoms with E-state index in [1.807, 2.05) is 6.08 Å². The third-order valence-corrected chi connectivity index (χ3v) is 5.79. The highest BCUT2D eigenvalue weighted by Crippen LogP contribution is 2.64. The van der Waals surface area contributed by atoms with E-state index in [2.05, 4.69) is 0 Å². The monoisotopic (exact) mass is 232 g/mol. The van der Waals surface area contributed by atoms with E-state index in [1.165, 1.54) is 44.1 Å². The van der Waals surface area contributed by atoms with Gasteiger partial charge < -0.3 is 0 Å². The molecule has 92 valence electrons. The SMILES string of the molecule is FC1=C(C23CC4CC(CC(C4)C2)C3)CCC=C1. The molecule has 0 atom stereocenters. The Labute approximate surface area is 103 Å². The minimum atomic E-state index is 0.123. The quantitative estimate of drug-likeness (QED) is 0.610. The lowest BCUT2D eigenvalue weighted by atomic mass is 9.47. The molecule has 0 unspecified atom stereocenters. The Morgan fingerprint density at radius 1 is 1.00 bits per heavy atom. The van der Waals surface area contributed by atoms with Crippen LogP contribution in [0.2, 0.25) is 0 Å². The van der Waals surface area contributed by atoms with E-state index in [0.29, 0.717) is 5.41 Å². The predicted molar refractivity (Wildman–Crippen MR) is 67.1 cm³/mol. The average molecular weight is 232 g/mol. The standard InChI is InChI=1S/C16H21F/c17-15-4-2-1-3-14(15)16-8-11-5-12(9-16)7-13(6-11)10-16/h2,4,11-13H,1,3,5-10H2. The fourth-order valence-electron chi connectivity index (χ4n) is 5.63. The zero-order chi connectivity index (χ0) is 11.5. The van der Waals surface area contributed by atoms with Gasteiger partial charge in [-0.25, -0.2) is 4.39 Å². The predicted octanol–water partition coefficient (Wildman–Crippen LogP) is 4.78. The van der Waals surface area contributed by atoms with Crippen LogP contribution in [0, 0.1) is 23.2 Å². The maximum absolute atomic E-state index is 14.2. The fraction of sp³-hybridized carbons (Fsp3) is 0.750. The van der Waals surface area contributed by atoms with Gasteiger partial charge in [0.1, 0.15) is 5.83 Å². The lowest BCUT2D eigenvalue weighted by Gasteiger charge is -2.58. The van der Waals surface area contributed by atoms with Crippen molar-refractivity contribution in [1.82, 2.24) is 0 Å². The zero-order valence-corrected chi connectivity index (χ0v) is 10.4. The van der Waals surface area contributed by atoms with Crippen molar-refractivity contribution in [2.75, 3.05) is 0 Å². The summed E-state index contributed by atoms with van der Waals surface area (Å²) >= 11 is 0.